The first kappa shape index (κ1) is 19.8. The summed E-state index contributed by atoms with van der Waals surface area (Å²) in [6, 6.07) is 6.00. The van der Waals surface area contributed by atoms with Crippen molar-refractivity contribution in [2.45, 2.75) is 72.3 Å². The minimum atomic E-state index is 0.757. The first-order chi connectivity index (χ1) is 13.2. The van der Waals surface area contributed by atoms with Crippen molar-refractivity contribution in [3.8, 4) is 11.3 Å². The van der Waals surface area contributed by atoms with Crippen LogP contribution in [0.25, 0.3) is 22.4 Å². The molecule has 27 heavy (non-hydrogen) atoms. The van der Waals surface area contributed by atoms with Crippen LogP contribution in [-0.2, 0) is 19.4 Å². The van der Waals surface area contributed by atoms with Gasteiger partial charge in [-0.25, -0.2) is 15.0 Å². The largest absolute Gasteiger partial charge is 0.313 e. The number of nitrogens with zero attached hydrogens (tertiary/aromatic N) is 4. The zero-order valence-corrected chi connectivity index (χ0v) is 17.4. The van der Waals surface area contributed by atoms with E-state index in [-0.39, 0.29) is 0 Å². The molecule has 0 spiro atoms. The Bertz CT molecular complexity index is 901. The van der Waals surface area contributed by atoms with Crippen LogP contribution in [0.15, 0.2) is 24.5 Å². The van der Waals surface area contributed by atoms with E-state index >= 15 is 0 Å². The van der Waals surface area contributed by atoms with Crippen molar-refractivity contribution in [2.75, 3.05) is 0 Å². The Hall–Kier alpha value is -1.94. The number of aryl methyl sites for hydroxylation is 3. The number of aromatic nitrogens is 4. The maximum absolute atomic E-state index is 6.19. The number of fused-ring (bicyclic) bond motifs is 1. The van der Waals surface area contributed by atoms with Gasteiger partial charge in [0.05, 0.1) is 0 Å². The SMILES string of the molecule is CCCCCCCn1c(CC)nc2c(-c3ccc(Cl)cc3CC)ncnc21. The van der Waals surface area contributed by atoms with E-state index in [1.807, 2.05) is 12.1 Å². The van der Waals surface area contributed by atoms with Crippen LogP contribution in [0.5, 0.6) is 0 Å². The molecule has 0 aliphatic carbocycles. The molecule has 0 bridgehead atoms. The molecule has 0 aliphatic rings. The number of unbranched alkanes of at least 4 members (excludes halogenated alkanes) is 4. The Morgan fingerprint density at radius 1 is 0.963 bits per heavy atom. The minimum absolute atomic E-state index is 0.757. The van der Waals surface area contributed by atoms with Gasteiger partial charge in [0, 0.05) is 23.6 Å². The highest BCUT2D eigenvalue weighted by molar-refractivity contribution is 6.30. The summed E-state index contributed by atoms with van der Waals surface area (Å²) in [7, 11) is 0. The van der Waals surface area contributed by atoms with Crippen LogP contribution in [-0.4, -0.2) is 19.5 Å². The summed E-state index contributed by atoms with van der Waals surface area (Å²) >= 11 is 6.19. The Morgan fingerprint density at radius 3 is 2.52 bits per heavy atom. The van der Waals surface area contributed by atoms with Gasteiger partial charge >= 0.3 is 0 Å². The average molecular weight is 385 g/mol. The van der Waals surface area contributed by atoms with Crippen molar-refractivity contribution in [3.63, 3.8) is 0 Å². The van der Waals surface area contributed by atoms with Gasteiger partial charge in [0.25, 0.3) is 0 Å². The van der Waals surface area contributed by atoms with Crippen molar-refractivity contribution >= 4 is 22.8 Å². The van der Waals surface area contributed by atoms with Crippen LogP contribution in [0.1, 0.15) is 64.3 Å². The Morgan fingerprint density at radius 2 is 1.78 bits per heavy atom. The van der Waals surface area contributed by atoms with E-state index < -0.39 is 0 Å². The quantitative estimate of drug-likeness (QED) is 0.410. The second kappa shape index (κ2) is 9.32. The lowest BCUT2D eigenvalue weighted by Crippen LogP contribution is -2.04. The third kappa shape index (κ3) is 4.32. The smallest absolute Gasteiger partial charge is 0.164 e. The van der Waals surface area contributed by atoms with E-state index in [0.717, 1.165) is 52.7 Å². The molecule has 0 N–H and O–H groups in total. The number of rotatable bonds is 9. The van der Waals surface area contributed by atoms with Crippen molar-refractivity contribution in [1.82, 2.24) is 19.5 Å². The summed E-state index contributed by atoms with van der Waals surface area (Å²) in [4.78, 5) is 14.1. The molecule has 0 amide bonds. The maximum atomic E-state index is 6.19. The first-order valence-corrected chi connectivity index (χ1v) is 10.6. The average Bonchev–Trinajstić information content (AvgIpc) is 3.05. The molecule has 4 nitrogen and oxygen atoms in total. The summed E-state index contributed by atoms with van der Waals surface area (Å²) in [6.45, 7) is 7.51. The summed E-state index contributed by atoms with van der Waals surface area (Å²) < 4.78 is 2.29. The topological polar surface area (TPSA) is 43.6 Å². The van der Waals surface area contributed by atoms with E-state index in [9.17, 15) is 0 Å². The van der Waals surface area contributed by atoms with Crippen molar-refractivity contribution < 1.29 is 0 Å². The lowest BCUT2D eigenvalue weighted by atomic mass is 10.0. The molecule has 3 rings (SSSR count). The third-order valence-corrected chi connectivity index (χ3v) is 5.35. The van der Waals surface area contributed by atoms with Crippen molar-refractivity contribution in [2.24, 2.45) is 0 Å². The summed E-state index contributed by atoms with van der Waals surface area (Å²) in [5.74, 6) is 1.09. The number of hydrogen-bond donors (Lipinski definition) is 0. The number of imidazole rings is 1. The van der Waals surface area contributed by atoms with Gasteiger partial charge in [0.1, 0.15) is 23.4 Å². The van der Waals surface area contributed by atoms with Gasteiger partial charge < -0.3 is 4.57 Å². The second-order valence-electron chi connectivity index (χ2n) is 7.00. The Labute approximate surface area is 167 Å². The summed E-state index contributed by atoms with van der Waals surface area (Å²) in [6.07, 6.45) is 9.77. The molecule has 3 aromatic rings. The second-order valence-corrected chi connectivity index (χ2v) is 7.43. The maximum Gasteiger partial charge on any atom is 0.164 e. The lowest BCUT2D eigenvalue weighted by molar-refractivity contribution is 0.561. The van der Waals surface area contributed by atoms with E-state index in [2.05, 4.69) is 41.4 Å². The molecule has 0 radical (unpaired) electrons. The van der Waals surface area contributed by atoms with Crippen LogP contribution >= 0.6 is 11.6 Å². The van der Waals surface area contributed by atoms with Gasteiger partial charge in [0.2, 0.25) is 0 Å². The predicted molar refractivity (Wildman–Crippen MR) is 113 cm³/mol. The van der Waals surface area contributed by atoms with Gasteiger partial charge in [-0.3, -0.25) is 0 Å². The van der Waals surface area contributed by atoms with Crippen LogP contribution < -0.4 is 0 Å². The number of benzene rings is 1. The van der Waals surface area contributed by atoms with Crippen LogP contribution in [0.3, 0.4) is 0 Å². The van der Waals surface area contributed by atoms with E-state index in [0.29, 0.717) is 0 Å². The molecule has 0 unspecified atom stereocenters. The fourth-order valence-electron chi connectivity index (χ4n) is 3.64. The number of halogens is 1. The van der Waals surface area contributed by atoms with Gasteiger partial charge in [-0.15, -0.1) is 0 Å². The Balaban J connectivity index is 2.00. The highest BCUT2D eigenvalue weighted by Gasteiger charge is 2.17. The normalized spacial score (nSPS) is 11.4. The van der Waals surface area contributed by atoms with Gasteiger partial charge in [0.15, 0.2) is 5.65 Å². The highest BCUT2D eigenvalue weighted by atomic mass is 35.5. The number of hydrogen-bond acceptors (Lipinski definition) is 3. The van der Waals surface area contributed by atoms with Gasteiger partial charge in [-0.1, -0.05) is 64.1 Å². The van der Waals surface area contributed by atoms with Gasteiger partial charge in [-0.05, 0) is 30.5 Å². The Kier molecular flexibility index (Phi) is 6.84. The predicted octanol–water partition coefficient (Wildman–Crippen LogP) is 6.24. The first-order valence-electron chi connectivity index (χ1n) is 10.2. The molecule has 144 valence electrons. The summed E-state index contributed by atoms with van der Waals surface area (Å²) in [5.41, 5.74) is 5.05. The lowest BCUT2D eigenvalue weighted by Gasteiger charge is -2.09. The van der Waals surface area contributed by atoms with Crippen LogP contribution in [0, 0.1) is 0 Å². The molecule has 0 fully saturated rings. The molecule has 0 saturated carbocycles. The van der Waals surface area contributed by atoms with Crippen LogP contribution in [0.2, 0.25) is 5.02 Å². The summed E-state index contributed by atoms with van der Waals surface area (Å²) in [5, 5.41) is 0.757. The monoisotopic (exact) mass is 384 g/mol. The molecular formula is C22H29ClN4. The molecule has 2 aromatic heterocycles. The molecular weight excluding hydrogens is 356 g/mol. The molecule has 0 aliphatic heterocycles. The van der Waals surface area contributed by atoms with E-state index in [1.54, 1.807) is 6.33 Å². The van der Waals surface area contributed by atoms with Gasteiger partial charge in [-0.2, -0.15) is 0 Å². The molecule has 2 heterocycles. The van der Waals surface area contributed by atoms with E-state index in [4.69, 9.17) is 16.6 Å². The van der Waals surface area contributed by atoms with Crippen molar-refractivity contribution in [1.29, 1.82) is 0 Å². The van der Waals surface area contributed by atoms with Crippen molar-refractivity contribution in [3.05, 3.63) is 40.9 Å². The molecule has 1 aromatic carbocycles. The molecule has 0 saturated heterocycles. The standard InChI is InChI=1S/C22H29ClN4/c1-4-7-8-9-10-13-27-19(6-3)26-21-20(24-15-25-22(21)27)18-12-11-17(23)14-16(18)5-2/h11-12,14-15H,4-10,13H2,1-3H3. The highest BCUT2D eigenvalue weighted by Crippen LogP contribution is 2.30. The molecule has 0 atom stereocenters. The zero-order valence-electron chi connectivity index (χ0n) is 16.6. The fraction of sp³-hybridized carbons (Fsp3) is 0.500. The van der Waals surface area contributed by atoms with E-state index in [1.165, 1.54) is 37.7 Å². The molecule has 5 heteroatoms. The fourth-order valence-corrected chi connectivity index (χ4v) is 3.84. The zero-order chi connectivity index (χ0) is 19.2. The minimum Gasteiger partial charge on any atom is -0.313 e. The third-order valence-electron chi connectivity index (χ3n) is 5.12. The van der Waals surface area contributed by atoms with Crippen LogP contribution in [0.4, 0.5) is 0 Å².